The number of amides is 1. The summed E-state index contributed by atoms with van der Waals surface area (Å²) in [4.78, 5) is 25.7. The summed E-state index contributed by atoms with van der Waals surface area (Å²) in [5, 5.41) is 11.4. The first kappa shape index (κ1) is 12.6. The lowest BCUT2D eigenvalue weighted by atomic mass is 9.77. The monoisotopic (exact) mass is 284 g/mol. The van der Waals surface area contributed by atoms with Crippen LogP contribution in [-0.2, 0) is 14.3 Å². The minimum atomic E-state index is -1.21. The number of anilines is 1. The molecule has 5 heteroatoms. The van der Waals surface area contributed by atoms with Crippen molar-refractivity contribution in [3.05, 3.63) is 42.0 Å². The Hall–Kier alpha value is -2.14. The van der Waals surface area contributed by atoms with E-state index in [2.05, 4.69) is 0 Å². The predicted octanol–water partition coefficient (Wildman–Crippen LogP) is 0.0313. The van der Waals surface area contributed by atoms with Crippen LogP contribution >= 0.6 is 0 Å². The largest absolute Gasteiger partial charge is 0.550 e. The number of aryl methyl sites for hydroxylation is 1. The Balaban J connectivity index is 1.73. The quantitative estimate of drug-likeness (QED) is 0.719. The standard InChI is InChI=1S/C16H15NO4/c1-9-2-4-10(5-3-9)17-8-16-7-6-11(21-16)12(15(19)20)13(16)14(17)18/h2-7,11-13H,8H2,1H3,(H,19,20)/p-1/t11-,12+,13-,16-/m0/s1. The third-order valence-corrected chi connectivity index (χ3v) is 4.72. The number of hydrogen-bond donors (Lipinski definition) is 0. The highest BCUT2D eigenvalue weighted by atomic mass is 16.5. The molecule has 1 aromatic rings. The fraction of sp³-hybridized carbons (Fsp3) is 0.375. The van der Waals surface area contributed by atoms with Crippen molar-refractivity contribution in [3.8, 4) is 0 Å². The first-order valence-electron chi connectivity index (χ1n) is 6.98. The molecule has 0 unspecified atom stereocenters. The van der Waals surface area contributed by atoms with Gasteiger partial charge in [-0.3, -0.25) is 4.79 Å². The van der Waals surface area contributed by atoms with Gasteiger partial charge in [0.1, 0.15) is 5.60 Å². The molecule has 3 heterocycles. The van der Waals surface area contributed by atoms with Crippen molar-refractivity contribution in [2.45, 2.75) is 18.6 Å². The Morgan fingerprint density at radius 2 is 2.10 bits per heavy atom. The first-order valence-corrected chi connectivity index (χ1v) is 6.98. The van der Waals surface area contributed by atoms with Crippen LogP contribution in [0.15, 0.2) is 36.4 Å². The number of fused-ring (bicyclic) bond motifs is 1. The molecule has 0 aromatic heterocycles. The summed E-state index contributed by atoms with van der Waals surface area (Å²) in [5.41, 5.74) is 1.07. The van der Waals surface area contributed by atoms with Crippen LogP contribution in [0.1, 0.15) is 5.56 Å². The van der Waals surface area contributed by atoms with Crippen LogP contribution in [0.4, 0.5) is 5.69 Å². The van der Waals surface area contributed by atoms with Gasteiger partial charge in [0.05, 0.1) is 18.6 Å². The number of rotatable bonds is 2. The molecule has 0 N–H and O–H groups in total. The van der Waals surface area contributed by atoms with E-state index in [4.69, 9.17) is 4.74 Å². The van der Waals surface area contributed by atoms with E-state index in [1.165, 1.54) is 0 Å². The number of aliphatic carboxylic acids is 1. The van der Waals surface area contributed by atoms with E-state index in [0.717, 1.165) is 11.3 Å². The van der Waals surface area contributed by atoms with Gasteiger partial charge in [-0.25, -0.2) is 0 Å². The van der Waals surface area contributed by atoms with E-state index >= 15 is 0 Å². The Morgan fingerprint density at radius 3 is 2.76 bits per heavy atom. The van der Waals surface area contributed by atoms with E-state index in [1.807, 2.05) is 37.3 Å². The van der Waals surface area contributed by atoms with Crippen molar-refractivity contribution in [3.63, 3.8) is 0 Å². The summed E-state index contributed by atoms with van der Waals surface area (Å²) < 4.78 is 5.81. The molecule has 108 valence electrons. The Bertz CT molecular complexity index is 665. The maximum Gasteiger partial charge on any atom is 0.234 e. The van der Waals surface area contributed by atoms with Crippen molar-refractivity contribution in [2.75, 3.05) is 11.4 Å². The van der Waals surface area contributed by atoms with Crippen molar-refractivity contribution in [1.82, 2.24) is 0 Å². The molecule has 2 saturated heterocycles. The van der Waals surface area contributed by atoms with Crippen LogP contribution in [-0.4, -0.2) is 30.1 Å². The zero-order valence-corrected chi connectivity index (χ0v) is 11.5. The molecule has 3 aliphatic rings. The van der Waals surface area contributed by atoms with Crippen molar-refractivity contribution in [1.29, 1.82) is 0 Å². The normalized spacial score (nSPS) is 36.3. The van der Waals surface area contributed by atoms with Gasteiger partial charge in [0, 0.05) is 17.6 Å². The number of hydrogen-bond acceptors (Lipinski definition) is 4. The fourth-order valence-corrected chi connectivity index (χ4v) is 3.71. The van der Waals surface area contributed by atoms with E-state index in [-0.39, 0.29) is 5.91 Å². The molecule has 4 rings (SSSR count). The zero-order chi connectivity index (χ0) is 14.8. The van der Waals surface area contributed by atoms with E-state index in [0.29, 0.717) is 6.54 Å². The zero-order valence-electron chi connectivity index (χ0n) is 11.5. The summed E-state index contributed by atoms with van der Waals surface area (Å²) in [6.45, 7) is 2.33. The van der Waals surface area contributed by atoms with Gasteiger partial charge in [0.15, 0.2) is 0 Å². The second kappa shape index (κ2) is 3.95. The minimum absolute atomic E-state index is 0.195. The summed E-state index contributed by atoms with van der Waals surface area (Å²) in [6.07, 6.45) is 3.04. The molecule has 1 spiro atoms. The minimum Gasteiger partial charge on any atom is -0.550 e. The van der Waals surface area contributed by atoms with Crippen LogP contribution < -0.4 is 10.0 Å². The highest BCUT2D eigenvalue weighted by Crippen LogP contribution is 2.52. The molecule has 1 aromatic carbocycles. The van der Waals surface area contributed by atoms with Gasteiger partial charge in [-0.05, 0) is 19.1 Å². The lowest BCUT2D eigenvalue weighted by Crippen LogP contribution is -2.45. The Kier molecular flexibility index (Phi) is 2.37. The van der Waals surface area contributed by atoms with Gasteiger partial charge >= 0.3 is 0 Å². The van der Waals surface area contributed by atoms with Gasteiger partial charge < -0.3 is 19.5 Å². The van der Waals surface area contributed by atoms with Crippen LogP contribution in [0.2, 0.25) is 0 Å². The molecule has 0 radical (unpaired) electrons. The summed E-state index contributed by atoms with van der Waals surface area (Å²) in [7, 11) is 0. The number of benzene rings is 1. The fourth-order valence-electron chi connectivity index (χ4n) is 3.71. The molecule has 1 amide bonds. The second-order valence-corrected chi connectivity index (χ2v) is 5.98. The molecule has 0 aliphatic carbocycles. The maximum absolute atomic E-state index is 12.7. The van der Waals surface area contributed by atoms with E-state index < -0.39 is 29.5 Å². The highest BCUT2D eigenvalue weighted by molar-refractivity contribution is 6.02. The number of carboxylic acid groups (broad SMARTS) is 1. The van der Waals surface area contributed by atoms with Gasteiger partial charge in [0.2, 0.25) is 5.91 Å². The number of carbonyl (C=O) groups is 2. The topological polar surface area (TPSA) is 69.7 Å². The average Bonchev–Trinajstić information content (AvgIpc) is 3.08. The molecular formula is C16H14NO4-. The first-order chi connectivity index (χ1) is 10.0. The molecular weight excluding hydrogens is 270 g/mol. The van der Waals surface area contributed by atoms with Crippen molar-refractivity contribution < 1.29 is 19.4 Å². The summed E-state index contributed by atoms with van der Waals surface area (Å²) >= 11 is 0. The number of nitrogens with zero attached hydrogens (tertiary/aromatic N) is 1. The van der Waals surface area contributed by atoms with Crippen LogP contribution in [0, 0.1) is 18.8 Å². The average molecular weight is 284 g/mol. The lowest BCUT2D eigenvalue weighted by Gasteiger charge is -2.24. The van der Waals surface area contributed by atoms with Gasteiger partial charge in [-0.1, -0.05) is 29.8 Å². The number of carboxylic acids is 1. The second-order valence-electron chi connectivity index (χ2n) is 5.98. The van der Waals surface area contributed by atoms with Crippen LogP contribution in [0.25, 0.3) is 0 Å². The highest BCUT2D eigenvalue weighted by Gasteiger charge is 2.65. The predicted molar refractivity (Wildman–Crippen MR) is 72.3 cm³/mol. The molecule has 4 atom stereocenters. The van der Waals surface area contributed by atoms with Crippen molar-refractivity contribution >= 4 is 17.6 Å². The van der Waals surface area contributed by atoms with Crippen molar-refractivity contribution in [2.24, 2.45) is 11.8 Å². The molecule has 3 aliphatic heterocycles. The van der Waals surface area contributed by atoms with Gasteiger partial charge in [0.25, 0.3) is 0 Å². The molecule has 0 saturated carbocycles. The number of carbonyl (C=O) groups excluding carboxylic acids is 2. The SMILES string of the molecule is Cc1ccc(N2C[C@]34C=C[C@H](O3)[C@@H](C(=O)[O-])[C@H]4C2=O)cc1. The third kappa shape index (κ3) is 1.55. The summed E-state index contributed by atoms with van der Waals surface area (Å²) in [6, 6.07) is 7.60. The lowest BCUT2D eigenvalue weighted by molar-refractivity contribution is -0.313. The van der Waals surface area contributed by atoms with Gasteiger partial charge in [-0.15, -0.1) is 0 Å². The number of ether oxygens (including phenoxy) is 1. The third-order valence-electron chi connectivity index (χ3n) is 4.72. The molecule has 2 bridgehead atoms. The van der Waals surface area contributed by atoms with Crippen LogP contribution in [0.3, 0.4) is 0 Å². The Labute approximate surface area is 121 Å². The van der Waals surface area contributed by atoms with Crippen LogP contribution in [0.5, 0.6) is 0 Å². The smallest absolute Gasteiger partial charge is 0.234 e. The molecule has 2 fully saturated rings. The van der Waals surface area contributed by atoms with E-state index in [1.54, 1.807) is 11.0 Å². The molecule has 5 nitrogen and oxygen atoms in total. The summed E-state index contributed by atoms with van der Waals surface area (Å²) in [5.74, 6) is -2.98. The van der Waals surface area contributed by atoms with Gasteiger partial charge in [-0.2, -0.15) is 0 Å². The Morgan fingerprint density at radius 1 is 1.38 bits per heavy atom. The van der Waals surface area contributed by atoms with E-state index in [9.17, 15) is 14.7 Å². The molecule has 21 heavy (non-hydrogen) atoms. The maximum atomic E-state index is 12.7.